The van der Waals surface area contributed by atoms with E-state index in [1.54, 1.807) is 0 Å². The fourth-order valence-corrected chi connectivity index (χ4v) is 6.68. The lowest BCUT2D eigenvalue weighted by Crippen LogP contribution is -2.29. The molecule has 0 aliphatic heterocycles. The fourth-order valence-electron chi connectivity index (χ4n) is 5.92. The molecule has 0 aliphatic rings. The summed E-state index contributed by atoms with van der Waals surface area (Å²) in [6, 6.07) is 0. The van der Waals surface area contributed by atoms with Crippen molar-refractivity contribution in [2.45, 2.75) is 200 Å². The van der Waals surface area contributed by atoms with Gasteiger partial charge < -0.3 is 20.1 Å². The SMILES string of the molecule is CCC/C=C/C/C=C/C/C=C/C/C=C/CCCCCC(=O)OC[C@H](COP(=O)(O)OCCN)OC(=O)CCCCCCCCCCCCCCCCCCC. The van der Waals surface area contributed by atoms with Gasteiger partial charge in [-0.15, -0.1) is 0 Å². The Kier molecular flexibility index (Phi) is 40.1. The third-order valence-electron chi connectivity index (χ3n) is 9.20. The topological polar surface area (TPSA) is 134 Å². The van der Waals surface area contributed by atoms with E-state index in [0.717, 1.165) is 64.2 Å². The molecule has 0 saturated heterocycles. The van der Waals surface area contributed by atoms with Crippen molar-refractivity contribution in [3.05, 3.63) is 48.6 Å². The third-order valence-corrected chi connectivity index (χ3v) is 10.2. The number of esters is 2. The van der Waals surface area contributed by atoms with E-state index in [4.69, 9.17) is 24.3 Å². The van der Waals surface area contributed by atoms with E-state index in [0.29, 0.717) is 12.8 Å². The van der Waals surface area contributed by atoms with Crippen molar-refractivity contribution in [1.82, 2.24) is 0 Å². The van der Waals surface area contributed by atoms with Crippen LogP contribution in [0, 0.1) is 0 Å². The Morgan fingerprint density at radius 1 is 0.545 bits per heavy atom. The molecule has 55 heavy (non-hydrogen) atoms. The second-order valence-corrected chi connectivity index (χ2v) is 16.0. The van der Waals surface area contributed by atoms with E-state index < -0.39 is 32.5 Å². The van der Waals surface area contributed by atoms with E-state index in [9.17, 15) is 19.0 Å². The normalized spacial score (nSPS) is 13.7. The van der Waals surface area contributed by atoms with Gasteiger partial charge in [0, 0.05) is 19.4 Å². The Hall–Kier alpha value is -2.03. The molecule has 0 saturated carbocycles. The van der Waals surface area contributed by atoms with Crippen LogP contribution in [0.1, 0.15) is 194 Å². The van der Waals surface area contributed by atoms with Gasteiger partial charge in [0.1, 0.15) is 6.61 Å². The van der Waals surface area contributed by atoms with Crippen LogP contribution in [0.25, 0.3) is 0 Å². The van der Waals surface area contributed by atoms with Crippen LogP contribution in [0.5, 0.6) is 0 Å². The van der Waals surface area contributed by atoms with Crippen LogP contribution in [0.2, 0.25) is 0 Å². The third kappa shape index (κ3) is 41.4. The molecule has 0 aromatic rings. The van der Waals surface area contributed by atoms with E-state index in [2.05, 4.69) is 62.5 Å². The molecule has 0 aliphatic carbocycles. The van der Waals surface area contributed by atoms with Gasteiger partial charge in [-0.1, -0.05) is 178 Å². The van der Waals surface area contributed by atoms with Crippen LogP contribution < -0.4 is 5.73 Å². The lowest BCUT2D eigenvalue weighted by atomic mass is 10.0. The number of phosphoric acid groups is 1. The molecule has 2 atom stereocenters. The van der Waals surface area contributed by atoms with Crippen molar-refractivity contribution < 1.29 is 37.6 Å². The first-order chi connectivity index (χ1) is 26.8. The standard InChI is InChI=1S/C45H82NO8P/c1-3-5-7-9-11-13-15-17-19-21-23-25-27-29-31-33-35-37-44(47)51-41-43(42-53-55(49,50)52-40-39-46)54-45(48)38-36-34-32-30-28-26-24-22-20-18-16-14-12-10-8-6-4-2/h7,9,13,15,19,21,25,27,43H,3-6,8,10-12,14,16-18,20,22-24,26,28-42,46H2,1-2H3,(H,49,50)/b9-7+,15-13+,21-19+,27-25+/t43-/m1/s1. The highest BCUT2D eigenvalue weighted by atomic mass is 31.2. The Balaban J connectivity index is 4.19. The molecule has 10 heteroatoms. The largest absolute Gasteiger partial charge is 0.472 e. The molecule has 0 amide bonds. The summed E-state index contributed by atoms with van der Waals surface area (Å²) in [6.07, 6.45) is 47.1. The number of carbonyl (C=O) groups is 2. The molecular weight excluding hydrogens is 713 g/mol. The summed E-state index contributed by atoms with van der Waals surface area (Å²) in [5.41, 5.74) is 5.35. The van der Waals surface area contributed by atoms with E-state index >= 15 is 0 Å². The van der Waals surface area contributed by atoms with Crippen molar-refractivity contribution >= 4 is 19.8 Å². The molecule has 0 heterocycles. The number of nitrogens with two attached hydrogens (primary N) is 1. The average Bonchev–Trinajstić information content (AvgIpc) is 3.17. The molecule has 320 valence electrons. The summed E-state index contributed by atoms with van der Waals surface area (Å²) in [5, 5.41) is 0. The minimum atomic E-state index is -4.38. The number of hydrogen-bond acceptors (Lipinski definition) is 8. The van der Waals surface area contributed by atoms with Crippen molar-refractivity contribution in [3.63, 3.8) is 0 Å². The van der Waals surface area contributed by atoms with Crippen LogP contribution >= 0.6 is 7.82 Å². The Bertz CT molecular complexity index is 1040. The Labute approximate surface area is 336 Å². The van der Waals surface area contributed by atoms with Crippen LogP contribution in [0.15, 0.2) is 48.6 Å². The Morgan fingerprint density at radius 3 is 1.47 bits per heavy atom. The van der Waals surface area contributed by atoms with Gasteiger partial charge >= 0.3 is 19.8 Å². The maximum atomic E-state index is 12.6. The molecule has 1 unspecified atom stereocenters. The number of allylic oxidation sites excluding steroid dienone is 8. The highest BCUT2D eigenvalue weighted by Crippen LogP contribution is 2.43. The summed E-state index contributed by atoms with van der Waals surface area (Å²) in [5.74, 6) is -0.861. The molecule has 0 fully saturated rings. The maximum Gasteiger partial charge on any atom is 0.472 e. The first-order valence-electron chi connectivity index (χ1n) is 22.1. The van der Waals surface area contributed by atoms with E-state index in [1.807, 2.05) is 0 Å². The van der Waals surface area contributed by atoms with Crippen molar-refractivity contribution in [1.29, 1.82) is 0 Å². The van der Waals surface area contributed by atoms with Gasteiger partial charge in [0.2, 0.25) is 0 Å². The molecule has 0 radical (unpaired) electrons. The first kappa shape index (κ1) is 53.0. The summed E-state index contributed by atoms with van der Waals surface area (Å²) < 4.78 is 32.8. The molecule has 9 nitrogen and oxygen atoms in total. The van der Waals surface area contributed by atoms with Gasteiger partial charge in [0.15, 0.2) is 6.10 Å². The Morgan fingerprint density at radius 2 is 0.982 bits per heavy atom. The monoisotopic (exact) mass is 796 g/mol. The van der Waals surface area contributed by atoms with Gasteiger partial charge in [0.25, 0.3) is 0 Å². The van der Waals surface area contributed by atoms with Gasteiger partial charge in [-0.25, -0.2) is 4.57 Å². The van der Waals surface area contributed by atoms with Gasteiger partial charge in [-0.3, -0.25) is 18.6 Å². The molecule has 0 aromatic carbocycles. The lowest BCUT2D eigenvalue weighted by molar-refractivity contribution is -0.161. The van der Waals surface area contributed by atoms with Crippen LogP contribution in [-0.4, -0.2) is 49.3 Å². The average molecular weight is 796 g/mol. The molecule has 0 bridgehead atoms. The highest BCUT2D eigenvalue weighted by molar-refractivity contribution is 7.47. The summed E-state index contributed by atoms with van der Waals surface area (Å²) >= 11 is 0. The van der Waals surface area contributed by atoms with Gasteiger partial charge in [0.05, 0.1) is 13.2 Å². The smallest absolute Gasteiger partial charge is 0.462 e. The number of phosphoric ester groups is 1. The van der Waals surface area contributed by atoms with Crippen molar-refractivity contribution in [2.75, 3.05) is 26.4 Å². The lowest BCUT2D eigenvalue weighted by Gasteiger charge is -2.19. The quantitative estimate of drug-likeness (QED) is 0.0268. The number of ether oxygens (including phenoxy) is 2. The van der Waals surface area contributed by atoms with E-state index in [-0.39, 0.29) is 32.6 Å². The first-order valence-corrected chi connectivity index (χ1v) is 23.6. The molecular formula is C45H82NO8P. The number of carbonyl (C=O) groups excluding carboxylic acids is 2. The zero-order valence-electron chi connectivity index (χ0n) is 35.2. The van der Waals surface area contributed by atoms with Crippen LogP contribution in [-0.2, 0) is 32.7 Å². The minimum Gasteiger partial charge on any atom is -0.462 e. The van der Waals surface area contributed by atoms with Crippen molar-refractivity contribution in [3.8, 4) is 0 Å². The zero-order chi connectivity index (χ0) is 40.3. The second kappa shape index (κ2) is 41.6. The van der Waals surface area contributed by atoms with Gasteiger partial charge in [-0.2, -0.15) is 0 Å². The van der Waals surface area contributed by atoms with Crippen LogP contribution in [0.4, 0.5) is 0 Å². The molecule has 0 aromatic heterocycles. The number of unbranched alkanes of at least 4 members (excludes halogenated alkanes) is 20. The minimum absolute atomic E-state index is 0.0484. The van der Waals surface area contributed by atoms with Crippen molar-refractivity contribution in [2.24, 2.45) is 5.73 Å². The number of rotatable bonds is 41. The van der Waals surface area contributed by atoms with Gasteiger partial charge in [-0.05, 0) is 51.4 Å². The zero-order valence-corrected chi connectivity index (χ0v) is 36.0. The molecule has 0 spiro atoms. The summed E-state index contributed by atoms with van der Waals surface area (Å²) in [7, 11) is -4.38. The fraction of sp³-hybridized carbons (Fsp3) is 0.778. The molecule has 0 rings (SSSR count). The van der Waals surface area contributed by atoms with Crippen LogP contribution in [0.3, 0.4) is 0 Å². The maximum absolute atomic E-state index is 12.6. The van der Waals surface area contributed by atoms with E-state index in [1.165, 1.54) is 89.9 Å². The summed E-state index contributed by atoms with van der Waals surface area (Å²) in [6.45, 7) is 3.64. The number of hydrogen-bond donors (Lipinski definition) is 2. The predicted molar refractivity (Wildman–Crippen MR) is 229 cm³/mol. The highest BCUT2D eigenvalue weighted by Gasteiger charge is 2.26. The summed E-state index contributed by atoms with van der Waals surface area (Å²) in [4.78, 5) is 34.9. The molecule has 3 N–H and O–H groups in total. The predicted octanol–water partition coefficient (Wildman–Crippen LogP) is 12.7. The second-order valence-electron chi connectivity index (χ2n) is 14.6.